The Hall–Kier alpha value is -1.29. The molecule has 1 aliphatic heterocycles. The average Bonchev–Trinajstić information content (AvgIpc) is 2.86. The molecule has 136 valence electrons. The highest BCUT2D eigenvalue weighted by Crippen LogP contribution is 2.49. The summed E-state index contributed by atoms with van der Waals surface area (Å²) in [5, 5.41) is 19.0. The van der Waals surface area contributed by atoms with Crippen LogP contribution in [0.3, 0.4) is 0 Å². The summed E-state index contributed by atoms with van der Waals surface area (Å²) in [7, 11) is -2.28. The smallest absolute Gasteiger partial charge is 0.354 e. The second-order valence-electron chi connectivity index (χ2n) is 6.78. The second-order valence-corrected chi connectivity index (χ2v) is 12.4. The number of hydrogen-bond acceptors (Lipinski definition) is 7. The zero-order valence-electron chi connectivity index (χ0n) is 14.8. The van der Waals surface area contributed by atoms with Gasteiger partial charge in [0.25, 0.3) is 0 Å². The highest BCUT2D eigenvalue weighted by atomic mass is 28.3. The van der Waals surface area contributed by atoms with Gasteiger partial charge in [-0.2, -0.15) is 4.98 Å². The molecular formula is C15H28N4O4Si. The number of nitrogens with zero attached hydrogens (tertiary/aromatic N) is 3. The number of aliphatic hydroxyl groups excluding tert-OH is 2. The van der Waals surface area contributed by atoms with Crippen LogP contribution in [0.5, 0.6) is 0 Å². The van der Waals surface area contributed by atoms with Crippen molar-refractivity contribution >= 4 is 14.0 Å². The maximum atomic E-state index is 12.6. The molecule has 0 unspecified atom stereocenters. The molecule has 1 aromatic rings. The fourth-order valence-corrected chi connectivity index (χ4v) is 10.1. The molecule has 0 amide bonds. The van der Waals surface area contributed by atoms with Gasteiger partial charge < -0.3 is 20.7 Å². The van der Waals surface area contributed by atoms with Gasteiger partial charge in [0.1, 0.15) is 25.9 Å². The van der Waals surface area contributed by atoms with Gasteiger partial charge in [0.05, 0.1) is 12.7 Å². The van der Waals surface area contributed by atoms with Crippen LogP contribution in [0.15, 0.2) is 11.1 Å². The highest BCUT2D eigenvalue weighted by Gasteiger charge is 2.61. The molecule has 8 nitrogen and oxygen atoms in total. The van der Waals surface area contributed by atoms with Gasteiger partial charge in [-0.05, 0) is 5.54 Å². The third-order valence-electron chi connectivity index (χ3n) is 5.70. The number of hydrogen-bond donors (Lipinski definition) is 3. The number of anilines is 1. The normalized spacial score (nSPS) is 27.8. The third-order valence-corrected chi connectivity index (χ3v) is 12.5. The molecule has 3 atom stereocenters. The van der Waals surface area contributed by atoms with E-state index in [1.807, 2.05) is 0 Å². The molecule has 1 fully saturated rings. The molecule has 9 heteroatoms. The maximum Gasteiger partial charge on any atom is 0.354 e. The summed E-state index contributed by atoms with van der Waals surface area (Å²) >= 11 is 0. The van der Waals surface area contributed by atoms with Gasteiger partial charge >= 0.3 is 5.69 Å². The predicted molar refractivity (Wildman–Crippen MR) is 93.1 cm³/mol. The molecular weight excluding hydrogens is 328 g/mol. The Balaban J connectivity index is 2.74. The molecule has 2 rings (SSSR count). The highest BCUT2D eigenvalue weighted by molar-refractivity contribution is 6.82. The minimum absolute atomic E-state index is 0.0894. The molecule has 2 heterocycles. The van der Waals surface area contributed by atoms with E-state index in [1.54, 1.807) is 0 Å². The van der Waals surface area contributed by atoms with Crippen LogP contribution >= 0.6 is 0 Å². The number of nitrogen functional groups attached to an aromatic ring is 1. The largest absolute Gasteiger partial charge is 0.394 e. The first-order chi connectivity index (χ1) is 11.3. The summed E-state index contributed by atoms with van der Waals surface area (Å²) in [5.41, 5.74) is 5.29. The Morgan fingerprint density at radius 3 is 2.54 bits per heavy atom. The number of nitrogens with two attached hydrogens (primary N) is 1. The Kier molecular flexibility index (Phi) is 5.48. The van der Waals surface area contributed by atoms with Crippen LogP contribution in [0.1, 0.15) is 34.1 Å². The summed E-state index contributed by atoms with van der Waals surface area (Å²) in [4.78, 5) is 20.3. The maximum absolute atomic E-state index is 12.6. The fraction of sp³-hybridized carbons (Fsp3) is 0.800. The summed E-state index contributed by atoms with van der Waals surface area (Å²) < 4.78 is 7.63. The van der Waals surface area contributed by atoms with Crippen molar-refractivity contribution in [2.75, 3.05) is 12.3 Å². The topological polar surface area (TPSA) is 123 Å². The molecule has 1 saturated heterocycles. The summed E-state index contributed by atoms with van der Waals surface area (Å²) in [6.07, 6.45) is 0.0470. The van der Waals surface area contributed by atoms with E-state index in [9.17, 15) is 15.0 Å². The number of aliphatic hydroxyl groups is 2. The Morgan fingerprint density at radius 2 is 2.12 bits per heavy atom. The van der Waals surface area contributed by atoms with E-state index < -0.39 is 31.3 Å². The summed E-state index contributed by atoms with van der Waals surface area (Å²) in [5.74, 6) is -0.0894. The number of aromatic nitrogens is 3. The first-order valence-electron chi connectivity index (χ1n) is 8.46. The molecule has 0 aromatic carbocycles. The third kappa shape index (κ3) is 2.69. The predicted octanol–water partition coefficient (Wildman–Crippen LogP) is 0.453. The van der Waals surface area contributed by atoms with Crippen molar-refractivity contribution < 1.29 is 14.9 Å². The van der Waals surface area contributed by atoms with Gasteiger partial charge in [-0.15, -0.1) is 0 Å². The van der Waals surface area contributed by atoms with E-state index in [4.69, 9.17) is 10.5 Å². The molecule has 0 spiro atoms. The zero-order valence-corrected chi connectivity index (χ0v) is 15.8. The van der Waals surface area contributed by atoms with E-state index in [1.165, 1.54) is 10.9 Å². The lowest BCUT2D eigenvalue weighted by Crippen LogP contribution is -2.63. The number of ether oxygens (including phenoxy) is 1. The van der Waals surface area contributed by atoms with Crippen LogP contribution in [0, 0.1) is 0 Å². The molecule has 4 N–H and O–H groups in total. The monoisotopic (exact) mass is 356 g/mol. The standard InChI is InChI=1S/C15H28N4O4Si/c1-5-24(6-2,10(3)4)15(7-11(21)12(8-20)23-15)19-9-17-13(16)18-14(19)22/h9-12,20-21H,5-8H2,1-4H3,(H2,16,18,22)/t11-,12+,15-/m0/s1. The first kappa shape index (κ1) is 19.0. The van der Waals surface area contributed by atoms with Gasteiger partial charge in [-0.1, -0.05) is 39.8 Å². The van der Waals surface area contributed by atoms with Crippen molar-refractivity contribution in [3.63, 3.8) is 0 Å². The van der Waals surface area contributed by atoms with Crippen LogP contribution in [0.4, 0.5) is 5.95 Å². The Bertz CT molecular complexity index is 634. The van der Waals surface area contributed by atoms with Gasteiger partial charge in [0, 0.05) is 6.42 Å². The molecule has 0 saturated carbocycles. The molecule has 0 bridgehead atoms. The van der Waals surface area contributed by atoms with Gasteiger partial charge in [0.15, 0.2) is 0 Å². The quantitative estimate of drug-likeness (QED) is 0.632. The van der Waals surface area contributed by atoms with E-state index in [0.717, 1.165) is 12.1 Å². The molecule has 0 radical (unpaired) electrons. The fourth-order valence-electron chi connectivity index (χ4n) is 4.33. The Morgan fingerprint density at radius 1 is 1.50 bits per heavy atom. The van der Waals surface area contributed by atoms with Crippen molar-refractivity contribution in [1.29, 1.82) is 0 Å². The first-order valence-corrected chi connectivity index (χ1v) is 11.0. The zero-order chi connectivity index (χ0) is 18.1. The van der Waals surface area contributed by atoms with Gasteiger partial charge in [-0.25, -0.2) is 9.78 Å². The van der Waals surface area contributed by atoms with Crippen LogP contribution in [0.2, 0.25) is 17.6 Å². The second kappa shape index (κ2) is 6.91. The lowest BCUT2D eigenvalue weighted by Gasteiger charge is -2.49. The Labute approximate surface area is 142 Å². The molecule has 0 aliphatic carbocycles. The van der Waals surface area contributed by atoms with Crippen LogP contribution in [-0.4, -0.2) is 51.6 Å². The van der Waals surface area contributed by atoms with Crippen molar-refractivity contribution in [3.05, 3.63) is 16.8 Å². The van der Waals surface area contributed by atoms with Crippen LogP contribution in [-0.2, 0) is 10.1 Å². The lowest BCUT2D eigenvalue weighted by atomic mass is 10.2. The average molecular weight is 356 g/mol. The molecule has 1 aromatic heterocycles. The van der Waals surface area contributed by atoms with Crippen molar-refractivity contribution in [2.24, 2.45) is 0 Å². The van der Waals surface area contributed by atoms with Crippen molar-refractivity contribution in [2.45, 2.75) is 69.3 Å². The van der Waals surface area contributed by atoms with Gasteiger partial charge in [0.2, 0.25) is 5.95 Å². The molecule has 1 aliphatic rings. The SMILES string of the molecule is CC[Si](CC)(C(C)C)[C@]1(n2cnc(N)nc2=O)C[C@H](O)[C@@H](CO)O1. The minimum atomic E-state index is -2.28. The van der Waals surface area contributed by atoms with E-state index in [2.05, 4.69) is 37.7 Å². The lowest BCUT2D eigenvalue weighted by molar-refractivity contribution is -0.0781. The minimum Gasteiger partial charge on any atom is -0.394 e. The van der Waals surface area contributed by atoms with Crippen LogP contribution in [0.25, 0.3) is 0 Å². The van der Waals surface area contributed by atoms with Gasteiger partial charge in [-0.3, -0.25) is 4.57 Å². The summed E-state index contributed by atoms with van der Waals surface area (Å²) in [6, 6.07) is 1.73. The van der Waals surface area contributed by atoms with E-state index in [0.29, 0.717) is 5.54 Å². The van der Waals surface area contributed by atoms with Crippen LogP contribution < -0.4 is 11.4 Å². The summed E-state index contributed by atoms with van der Waals surface area (Å²) in [6.45, 7) is 8.16. The van der Waals surface area contributed by atoms with Crippen molar-refractivity contribution in [1.82, 2.24) is 14.5 Å². The number of rotatable bonds is 6. The van der Waals surface area contributed by atoms with Crippen molar-refractivity contribution in [3.8, 4) is 0 Å². The van der Waals surface area contributed by atoms with E-state index in [-0.39, 0.29) is 19.0 Å². The molecule has 24 heavy (non-hydrogen) atoms. The van der Waals surface area contributed by atoms with E-state index >= 15 is 0 Å².